The Morgan fingerprint density at radius 1 is 1.06 bits per heavy atom. The van der Waals surface area contributed by atoms with Gasteiger partial charge in [-0.25, -0.2) is 0 Å². The lowest BCUT2D eigenvalue weighted by atomic mass is 10.3. The molecule has 0 heterocycles. The molecule has 0 saturated carbocycles. The van der Waals surface area contributed by atoms with Crippen molar-refractivity contribution in [3.8, 4) is 5.75 Å². The monoisotopic (exact) mass is 254 g/mol. The molecular formula is C13H22N2O3. The number of ether oxygens (including phenoxy) is 3. The van der Waals surface area contributed by atoms with E-state index in [-0.39, 0.29) is 0 Å². The molecule has 0 spiro atoms. The highest BCUT2D eigenvalue weighted by molar-refractivity contribution is 5.46. The molecule has 0 atom stereocenters. The van der Waals surface area contributed by atoms with Gasteiger partial charge in [0.2, 0.25) is 0 Å². The van der Waals surface area contributed by atoms with Crippen LogP contribution in [0.1, 0.15) is 0 Å². The molecule has 0 aliphatic carbocycles. The summed E-state index contributed by atoms with van der Waals surface area (Å²) in [6, 6.07) is 7.79. The van der Waals surface area contributed by atoms with Gasteiger partial charge in [-0.3, -0.25) is 0 Å². The number of rotatable bonds is 10. The zero-order valence-corrected chi connectivity index (χ0v) is 10.9. The highest BCUT2D eigenvalue weighted by Crippen LogP contribution is 2.15. The highest BCUT2D eigenvalue weighted by Gasteiger charge is 1.95. The summed E-state index contributed by atoms with van der Waals surface area (Å²) in [6.07, 6.45) is 0. The molecule has 0 bridgehead atoms. The fourth-order valence-corrected chi connectivity index (χ4v) is 1.35. The van der Waals surface area contributed by atoms with Crippen molar-refractivity contribution in [2.24, 2.45) is 5.73 Å². The van der Waals surface area contributed by atoms with Crippen LogP contribution in [0.5, 0.6) is 5.75 Å². The molecule has 1 aromatic rings. The van der Waals surface area contributed by atoms with Crippen molar-refractivity contribution in [3.63, 3.8) is 0 Å². The third kappa shape index (κ3) is 6.44. The van der Waals surface area contributed by atoms with E-state index in [2.05, 4.69) is 5.32 Å². The summed E-state index contributed by atoms with van der Waals surface area (Å²) in [5.41, 5.74) is 6.46. The average Bonchev–Trinajstić information content (AvgIpc) is 2.42. The Morgan fingerprint density at radius 2 is 1.78 bits per heavy atom. The minimum atomic E-state index is 0.541. The van der Waals surface area contributed by atoms with Crippen LogP contribution in [0.25, 0.3) is 0 Å². The summed E-state index contributed by atoms with van der Waals surface area (Å²) >= 11 is 0. The SMILES string of the molecule is COCCOCCOc1ccc(NCCN)cc1. The second kappa shape index (κ2) is 9.70. The molecule has 3 N–H and O–H groups in total. The third-order valence-corrected chi connectivity index (χ3v) is 2.26. The van der Waals surface area contributed by atoms with Gasteiger partial charge in [0.15, 0.2) is 0 Å². The van der Waals surface area contributed by atoms with Gasteiger partial charge in [-0.2, -0.15) is 0 Å². The lowest BCUT2D eigenvalue weighted by Gasteiger charge is -2.08. The molecule has 0 aromatic heterocycles. The summed E-state index contributed by atoms with van der Waals surface area (Å²) in [5.74, 6) is 0.837. The van der Waals surface area contributed by atoms with Crippen molar-refractivity contribution in [2.45, 2.75) is 0 Å². The van der Waals surface area contributed by atoms with Gasteiger partial charge in [0.05, 0.1) is 19.8 Å². The number of hydrogen-bond donors (Lipinski definition) is 2. The fourth-order valence-electron chi connectivity index (χ4n) is 1.35. The number of nitrogens with two attached hydrogens (primary N) is 1. The van der Waals surface area contributed by atoms with Crippen molar-refractivity contribution in [2.75, 3.05) is 51.9 Å². The van der Waals surface area contributed by atoms with Gasteiger partial charge in [0.25, 0.3) is 0 Å². The maximum atomic E-state index is 5.53. The van der Waals surface area contributed by atoms with Gasteiger partial charge in [-0.05, 0) is 24.3 Å². The van der Waals surface area contributed by atoms with Crippen molar-refractivity contribution < 1.29 is 14.2 Å². The predicted octanol–water partition coefficient (Wildman–Crippen LogP) is 1.10. The first-order valence-electron chi connectivity index (χ1n) is 6.10. The molecule has 0 amide bonds. The second-order valence-electron chi connectivity index (χ2n) is 3.69. The zero-order chi connectivity index (χ0) is 13.1. The first-order chi connectivity index (χ1) is 8.86. The van der Waals surface area contributed by atoms with Gasteiger partial charge < -0.3 is 25.3 Å². The zero-order valence-electron chi connectivity index (χ0n) is 10.9. The largest absolute Gasteiger partial charge is 0.491 e. The fraction of sp³-hybridized carbons (Fsp3) is 0.538. The minimum absolute atomic E-state index is 0.541. The molecule has 0 aliphatic rings. The van der Waals surface area contributed by atoms with Crippen LogP contribution in [0.15, 0.2) is 24.3 Å². The van der Waals surface area contributed by atoms with E-state index in [1.54, 1.807) is 7.11 Å². The number of benzene rings is 1. The van der Waals surface area contributed by atoms with Crippen molar-refractivity contribution >= 4 is 5.69 Å². The highest BCUT2D eigenvalue weighted by atomic mass is 16.5. The van der Waals surface area contributed by atoms with Crippen molar-refractivity contribution in [3.05, 3.63) is 24.3 Å². The maximum absolute atomic E-state index is 5.53. The standard InChI is InChI=1S/C13H22N2O3/c1-16-8-9-17-10-11-18-13-4-2-12(3-5-13)15-7-6-14/h2-5,15H,6-11,14H2,1H3. The topological polar surface area (TPSA) is 65.7 Å². The number of hydrogen-bond acceptors (Lipinski definition) is 5. The molecule has 102 valence electrons. The molecule has 1 rings (SSSR count). The van der Waals surface area contributed by atoms with E-state index in [1.165, 1.54) is 0 Å². The quantitative estimate of drug-likeness (QED) is 0.612. The van der Waals surface area contributed by atoms with E-state index < -0.39 is 0 Å². The Balaban J connectivity index is 2.14. The number of nitrogens with one attached hydrogen (secondary N) is 1. The molecule has 5 heteroatoms. The lowest BCUT2D eigenvalue weighted by molar-refractivity contribution is 0.0544. The van der Waals surface area contributed by atoms with Gasteiger partial charge in [0.1, 0.15) is 12.4 Å². The van der Waals surface area contributed by atoms with Crippen LogP contribution < -0.4 is 15.8 Å². The molecule has 0 radical (unpaired) electrons. The smallest absolute Gasteiger partial charge is 0.119 e. The number of methoxy groups -OCH3 is 1. The maximum Gasteiger partial charge on any atom is 0.119 e. The Hall–Kier alpha value is -1.30. The molecular weight excluding hydrogens is 232 g/mol. The van der Waals surface area contributed by atoms with E-state index in [0.717, 1.165) is 18.0 Å². The van der Waals surface area contributed by atoms with Crippen LogP contribution >= 0.6 is 0 Å². The van der Waals surface area contributed by atoms with Crippen LogP contribution in [-0.2, 0) is 9.47 Å². The molecule has 0 saturated heterocycles. The molecule has 18 heavy (non-hydrogen) atoms. The van der Waals surface area contributed by atoms with Crippen LogP contribution in [0.3, 0.4) is 0 Å². The summed E-state index contributed by atoms with van der Waals surface area (Å²) < 4.78 is 15.7. The number of anilines is 1. The molecule has 0 aliphatic heterocycles. The summed E-state index contributed by atoms with van der Waals surface area (Å²) in [7, 11) is 1.65. The molecule has 0 unspecified atom stereocenters. The van der Waals surface area contributed by atoms with E-state index in [4.69, 9.17) is 19.9 Å². The molecule has 5 nitrogen and oxygen atoms in total. The van der Waals surface area contributed by atoms with Crippen LogP contribution in [0.2, 0.25) is 0 Å². The van der Waals surface area contributed by atoms with Gasteiger partial charge in [-0.1, -0.05) is 0 Å². The Labute approximate surface area is 108 Å². The first kappa shape index (κ1) is 14.8. The van der Waals surface area contributed by atoms with E-state index in [0.29, 0.717) is 33.0 Å². The second-order valence-corrected chi connectivity index (χ2v) is 3.69. The van der Waals surface area contributed by atoms with Crippen molar-refractivity contribution in [1.82, 2.24) is 0 Å². The average molecular weight is 254 g/mol. The lowest BCUT2D eigenvalue weighted by Crippen LogP contribution is -2.13. The minimum Gasteiger partial charge on any atom is -0.491 e. The van der Waals surface area contributed by atoms with Crippen LogP contribution in [0.4, 0.5) is 5.69 Å². The summed E-state index contributed by atoms with van der Waals surface area (Å²) in [5, 5.41) is 3.19. The third-order valence-electron chi connectivity index (χ3n) is 2.26. The Bertz CT molecular complexity index is 304. The van der Waals surface area contributed by atoms with Gasteiger partial charge >= 0.3 is 0 Å². The normalized spacial score (nSPS) is 10.3. The Morgan fingerprint density at radius 3 is 2.44 bits per heavy atom. The van der Waals surface area contributed by atoms with Gasteiger partial charge in [0, 0.05) is 25.9 Å². The predicted molar refractivity (Wildman–Crippen MR) is 72.2 cm³/mol. The molecule has 1 aromatic carbocycles. The van der Waals surface area contributed by atoms with Crippen LogP contribution in [0, 0.1) is 0 Å². The summed E-state index contributed by atoms with van der Waals surface area (Å²) in [6.45, 7) is 3.71. The van der Waals surface area contributed by atoms with E-state index in [1.807, 2.05) is 24.3 Å². The first-order valence-corrected chi connectivity index (χ1v) is 6.10. The van der Waals surface area contributed by atoms with E-state index in [9.17, 15) is 0 Å². The van der Waals surface area contributed by atoms with Crippen molar-refractivity contribution in [1.29, 1.82) is 0 Å². The van der Waals surface area contributed by atoms with Gasteiger partial charge in [-0.15, -0.1) is 0 Å². The Kier molecular flexibility index (Phi) is 7.96. The van der Waals surface area contributed by atoms with E-state index >= 15 is 0 Å². The summed E-state index contributed by atoms with van der Waals surface area (Å²) in [4.78, 5) is 0. The van der Waals surface area contributed by atoms with Crippen LogP contribution in [-0.4, -0.2) is 46.6 Å². The molecule has 0 fully saturated rings.